The molecule has 0 rings (SSSR count). The van der Waals surface area contributed by atoms with Gasteiger partial charge in [0.1, 0.15) is 13.2 Å². The molecule has 0 fully saturated rings. The highest BCUT2D eigenvalue weighted by Gasteiger charge is 2.20. The van der Waals surface area contributed by atoms with E-state index in [0.717, 1.165) is 57.8 Å². The molecule has 1 atom stereocenters. The predicted molar refractivity (Wildman–Crippen MR) is 358 cm³/mol. The monoisotopic (exact) mass is 1160 g/mol. The van der Waals surface area contributed by atoms with Crippen molar-refractivity contribution in [3.8, 4) is 0 Å². The van der Waals surface area contributed by atoms with Gasteiger partial charge in [0.05, 0.1) is 0 Å². The molecule has 0 radical (unpaired) electrons. The Morgan fingerprint density at radius 2 is 0.329 bits per heavy atom. The Labute approximate surface area is 514 Å². The Hall–Kier alpha value is -1.59. The molecule has 0 saturated heterocycles. The Kier molecular flexibility index (Phi) is 70.5. The molecule has 82 heavy (non-hydrogen) atoms. The molecule has 0 aromatic carbocycles. The Morgan fingerprint density at radius 1 is 0.195 bits per heavy atom. The second-order valence-corrected chi connectivity index (χ2v) is 26.3. The van der Waals surface area contributed by atoms with Gasteiger partial charge in [-0.25, -0.2) is 0 Å². The van der Waals surface area contributed by atoms with Crippen LogP contribution in [0.15, 0.2) is 0 Å². The molecular weight excluding hydrogens is 1010 g/mol. The van der Waals surface area contributed by atoms with Crippen LogP contribution in [0.3, 0.4) is 0 Å². The van der Waals surface area contributed by atoms with E-state index in [2.05, 4.69) is 20.8 Å². The first-order valence-electron chi connectivity index (χ1n) is 38.0. The molecule has 6 heteroatoms. The van der Waals surface area contributed by atoms with Gasteiger partial charge in [-0.05, 0) is 19.3 Å². The van der Waals surface area contributed by atoms with Gasteiger partial charge in [0, 0.05) is 19.3 Å². The van der Waals surface area contributed by atoms with Crippen molar-refractivity contribution in [2.45, 2.75) is 457 Å². The Bertz CT molecular complexity index is 1240. The molecule has 0 bridgehead atoms. The van der Waals surface area contributed by atoms with E-state index in [-0.39, 0.29) is 31.1 Å². The highest BCUT2D eigenvalue weighted by molar-refractivity contribution is 5.71. The molecule has 488 valence electrons. The number of ether oxygens (including phenoxy) is 3. The molecular formula is C76H148O6. The van der Waals surface area contributed by atoms with Crippen molar-refractivity contribution >= 4 is 17.9 Å². The van der Waals surface area contributed by atoms with Crippen LogP contribution in [0.2, 0.25) is 0 Å². The minimum absolute atomic E-state index is 0.0597. The van der Waals surface area contributed by atoms with Crippen molar-refractivity contribution in [1.29, 1.82) is 0 Å². The fourth-order valence-electron chi connectivity index (χ4n) is 12.2. The lowest BCUT2D eigenvalue weighted by Gasteiger charge is -2.18. The van der Waals surface area contributed by atoms with Crippen LogP contribution in [-0.4, -0.2) is 37.2 Å². The van der Waals surface area contributed by atoms with Crippen molar-refractivity contribution in [2.75, 3.05) is 13.2 Å². The van der Waals surface area contributed by atoms with E-state index in [9.17, 15) is 14.4 Å². The van der Waals surface area contributed by atoms with Crippen LogP contribution in [0.4, 0.5) is 0 Å². The topological polar surface area (TPSA) is 78.9 Å². The normalized spacial score (nSPS) is 11.9. The van der Waals surface area contributed by atoms with Crippen LogP contribution in [0.5, 0.6) is 0 Å². The Morgan fingerprint density at radius 3 is 0.488 bits per heavy atom. The quantitative estimate of drug-likeness (QED) is 0.0343. The molecule has 0 N–H and O–H groups in total. The standard InChI is InChI=1S/C76H148O6/c1-4-7-10-13-16-19-22-25-28-31-34-37-38-39-40-43-45-48-51-54-57-60-63-66-69-75(78)81-72-73(82-76(79)70-67-64-61-58-55-52-49-46-42-36-33-30-27-24-21-18-15-12-9-6-3)71-80-74(77)68-65-62-59-56-53-50-47-44-41-35-32-29-26-23-20-17-14-11-8-5-2/h73H,4-72H2,1-3H3. The van der Waals surface area contributed by atoms with Crippen molar-refractivity contribution in [1.82, 2.24) is 0 Å². The van der Waals surface area contributed by atoms with Crippen LogP contribution in [0.1, 0.15) is 451 Å². The number of carbonyl (C=O) groups excluding carboxylic acids is 3. The SMILES string of the molecule is CCCCCCCCCCCCCCCCCCCCCCCCCCC(=O)OCC(COC(=O)CCCCCCCCCCCCCCCCCCCCCC)OC(=O)CCCCCCCCCCCCCCCCCCCCCC. The molecule has 0 amide bonds. The van der Waals surface area contributed by atoms with E-state index in [0.29, 0.717) is 19.3 Å². The summed E-state index contributed by atoms with van der Waals surface area (Å²) in [5.41, 5.74) is 0. The summed E-state index contributed by atoms with van der Waals surface area (Å²) >= 11 is 0. The average Bonchev–Trinajstić information content (AvgIpc) is 3.47. The van der Waals surface area contributed by atoms with Crippen molar-refractivity contribution < 1.29 is 28.6 Å². The maximum Gasteiger partial charge on any atom is 0.306 e. The van der Waals surface area contributed by atoms with Gasteiger partial charge in [-0.15, -0.1) is 0 Å². The van der Waals surface area contributed by atoms with Gasteiger partial charge in [0.25, 0.3) is 0 Å². The maximum atomic E-state index is 13.0. The predicted octanol–water partition coefficient (Wildman–Crippen LogP) is 26.2. The molecule has 0 saturated carbocycles. The van der Waals surface area contributed by atoms with Gasteiger partial charge in [-0.1, -0.05) is 412 Å². The highest BCUT2D eigenvalue weighted by atomic mass is 16.6. The zero-order valence-electron chi connectivity index (χ0n) is 56.3. The van der Waals surface area contributed by atoms with Gasteiger partial charge >= 0.3 is 17.9 Å². The molecule has 0 aliphatic carbocycles. The van der Waals surface area contributed by atoms with Gasteiger partial charge in [-0.3, -0.25) is 14.4 Å². The molecule has 0 heterocycles. The third-order valence-corrected chi connectivity index (χ3v) is 17.9. The molecule has 1 unspecified atom stereocenters. The largest absolute Gasteiger partial charge is 0.462 e. The minimum Gasteiger partial charge on any atom is -0.462 e. The number of carbonyl (C=O) groups is 3. The molecule has 0 aromatic heterocycles. The third-order valence-electron chi connectivity index (χ3n) is 17.9. The first kappa shape index (κ1) is 80.4. The summed E-state index contributed by atoms with van der Waals surface area (Å²) in [6, 6.07) is 0. The lowest BCUT2D eigenvalue weighted by atomic mass is 10.0. The first-order valence-corrected chi connectivity index (χ1v) is 38.0. The fourth-order valence-corrected chi connectivity index (χ4v) is 12.2. The van der Waals surface area contributed by atoms with E-state index in [1.165, 1.54) is 353 Å². The van der Waals surface area contributed by atoms with Gasteiger partial charge in [0.2, 0.25) is 0 Å². The average molecular weight is 1160 g/mol. The zero-order chi connectivity index (χ0) is 59.2. The first-order chi connectivity index (χ1) is 40.5. The molecule has 0 aliphatic rings. The van der Waals surface area contributed by atoms with Gasteiger partial charge < -0.3 is 14.2 Å². The minimum atomic E-state index is -0.764. The molecule has 0 aromatic rings. The van der Waals surface area contributed by atoms with E-state index in [1.807, 2.05) is 0 Å². The van der Waals surface area contributed by atoms with Crippen LogP contribution >= 0.6 is 0 Å². The van der Waals surface area contributed by atoms with E-state index in [4.69, 9.17) is 14.2 Å². The van der Waals surface area contributed by atoms with Crippen LogP contribution in [-0.2, 0) is 28.6 Å². The lowest BCUT2D eigenvalue weighted by Crippen LogP contribution is -2.30. The molecule has 0 spiro atoms. The zero-order valence-corrected chi connectivity index (χ0v) is 56.3. The summed E-state index contributed by atoms with van der Waals surface area (Å²) in [4.78, 5) is 38.6. The van der Waals surface area contributed by atoms with Crippen LogP contribution < -0.4 is 0 Å². The second kappa shape index (κ2) is 71.9. The van der Waals surface area contributed by atoms with Crippen LogP contribution in [0, 0.1) is 0 Å². The van der Waals surface area contributed by atoms with Gasteiger partial charge in [-0.2, -0.15) is 0 Å². The van der Waals surface area contributed by atoms with Crippen molar-refractivity contribution in [3.63, 3.8) is 0 Å². The summed E-state index contributed by atoms with van der Waals surface area (Å²) < 4.78 is 17.1. The number of esters is 3. The number of unbranched alkanes of at least 4 members (excludes halogenated alkanes) is 61. The second-order valence-electron chi connectivity index (χ2n) is 26.3. The summed E-state index contributed by atoms with van der Waals surface area (Å²) in [6.45, 7) is 6.76. The molecule has 6 nitrogen and oxygen atoms in total. The number of hydrogen-bond donors (Lipinski definition) is 0. The van der Waals surface area contributed by atoms with E-state index in [1.54, 1.807) is 0 Å². The highest BCUT2D eigenvalue weighted by Crippen LogP contribution is 2.20. The van der Waals surface area contributed by atoms with Crippen molar-refractivity contribution in [3.05, 3.63) is 0 Å². The fraction of sp³-hybridized carbons (Fsp3) is 0.961. The summed E-state index contributed by atoms with van der Waals surface area (Å²) in [5, 5.41) is 0. The smallest absolute Gasteiger partial charge is 0.306 e. The maximum absolute atomic E-state index is 13.0. The van der Waals surface area contributed by atoms with E-state index < -0.39 is 6.10 Å². The van der Waals surface area contributed by atoms with E-state index >= 15 is 0 Å². The van der Waals surface area contributed by atoms with Crippen LogP contribution in [0.25, 0.3) is 0 Å². The number of rotatable bonds is 72. The summed E-state index contributed by atoms with van der Waals surface area (Å²) in [5.74, 6) is -0.813. The Balaban J connectivity index is 4.25. The lowest BCUT2D eigenvalue weighted by molar-refractivity contribution is -0.167. The molecule has 0 aliphatic heterocycles. The summed E-state index contributed by atoms with van der Waals surface area (Å²) in [6.07, 6.45) is 85.7. The summed E-state index contributed by atoms with van der Waals surface area (Å²) in [7, 11) is 0. The third kappa shape index (κ3) is 69.2. The van der Waals surface area contributed by atoms with Gasteiger partial charge in [0.15, 0.2) is 6.10 Å². The number of hydrogen-bond acceptors (Lipinski definition) is 6. The van der Waals surface area contributed by atoms with Crippen molar-refractivity contribution in [2.24, 2.45) is 0 Å².